The number of aromatic nitrogens is 3. The Bertz CT molecular complexity index is 780. The van der Waals surface area contributed by atoms with Gasteiger partial charge in [-0.05, 0) is 38.5 Å². The van der Waals surface area contributed by atoms with Crippen molar-refractivity contribution in [3.8, 4) is 11.5 Å². The van der Waals surface area contributed by atoms with E-state index in [2.05, 4.69) is 37.7 Å². The molecule has 5 heteroatoms. The molecule has 0 unspecified atom stereocenters. The van der Waals surface area contributed by atoms with Crippen LogP contribution in [-0.2, 0) is 0 Å². The van der Waals surface area contributed by atoms with E-state index in [1.54, 1.807) is 17.5 Å². The third-order valence-electron chi connectivity index (χ3n) is 3.74. The topological polar surface area (TPSA) is 41.9 Å². The maximum absolute atomic E-state index is 4.78. The van der Waals surface area contributed by atoms with Crippen LogP contribution in [0.5, 0.6) is 0 Å². The van der Waals surface area contributed by atoms with Crippen LogP contribution < -0.4 is 4.90 Å². The van der Waals surface area contributed by atoms with Crippen molar-refractivity contribution in [2.75, 3.05) is 18.5 Å². The minimum absolute atomic E-state index is 0.694. The van der Waals surface area contributed by atoms with Gasteiger partial charge in [-0.1, -0.05) is 6.07 Å². The molecular formula is C16H18N4S. The highest BCUT2D eigenvalue weighted by Gasteiger charge is 2.17. The number of nitrogens with zero attached hydrogens (tertiary/aromatic N) is 4. The van der Waals surface area contributed by atoms with Crippen LogP contribution in [0.25, 0.3) is 21.7 Å². The van der Waals surface area contributed by atoms with Crippen LogP contribution in [0.4, 0.5) is 5.82 Å². The number of hydrogen-bond acceptors (Lipinski definition) is 5. The van der Waals surface area contributed by atoms with Gasteiger partial charge in [-0.2, -0.15) is 0 Å². The SMILES string of the molecule is CCN(C)c1nc(-c2ccccn2)nc2sc(C)c(C)c12. The molecule has 108 valence electrons. The number of thiophene rings is 1. The molecule has 3 aromatic rings. The Morgan fingerprint density at radius 2 is 2.00 bits per heavy atom. The lowest BCUT2D eigenvalue weighted by Gasteiger charge is -2.17. The molecule has 0 aliphatic carbocycles. The molecule has 4 nitrogen and oxygen atoms in total. The Kier molecular flexibility index (Phi) is 3.59. The Hall–Kier alpha value is -2.01. The summed E-state index contributed by atoms with van der Waals surface area (Å²) in [6, 6.07) is 5.81. The van der Waals surface area contributed by atoms with Crippen molar-refractivity contribution in [1.82, 2.24) is 15.0 Å². The molecule has 0 bridgehead atoms. The summed E-state index contributed by atoms with van der Waals surface area (Å²) < 4.78 is 0. The number of anilines is 1. The standard InChI is InChI=1S/C16H18N4S/c1-5-20(4)15-13-10(2)11(3)21-16(13)19-14(18-15)12-8-6-7-9-17-12/h6-9H,5H2,1-4H3. The maximum atomic E-state index is 4.78. The molecule has 0 spiro atoms. The van der Waals surface area contributed by atoms with Gasteiger partial charge in [0.05, 0.1) is 5.39 Å². The molecule has 3 rings (SSSR count). The quantitative estimate of drug-likeness (QED) is 0.737. The number of fused-ring (bicyclic) bond motifs is 1. The molecule has 21 heavy (non-hydrogen) atoms. The lowest BCUT2D eigenvalue weighted by Crippen LogP contribution is -2.18. The number of rotatable bonds is 3. The molecule has 0 aliphatic heterocycles. The highest BCUT2D eigenvalue weighted by Crippen LogP contribution is 2.35. The summed E-state index contributed by atoms with van der Waals surface area (Å²) in [6.07, 6.45) is 1.77. The average molecular weight is 298 g/mol. The number of pyridine rings is 1. The lowest BCUT2D eigenvalue weighted by molar-refractivity contribution is 0.940. The van der Waals surface area contributed by atoms with Crippen LogP contribution in [0.2, 0.25) is 0 Å². The van der Waals surface area contributed by atoms with Gasteiger partial charge in [0.2, 0.25) is 0 Å². The van der Waals surface area contributed by atoms with Gasteiger partial charge in [-0.3, -0.25) is 4.98 Å². The third kappa shape index (κ3) is 2.38. The zero-order chi connectivity index (χ0) is 15.0. The summed E-state index contributed by atoms with van der Waals surface area (Å²) >= 11 is 1.72. The van der Waals surface area contributed by atoms with Crippen molar-refractivity contribution in [2.24, 2.45) is 0 Å². The summed E-state index contributed by atoms with van der Waals surface area (Å²) in [6.45, 7) is 7.31. The Balaban J connectivity index is 2.30. The van der Waals surface area contributed by atoms with E-state index in [4.69, 9.17) is 9.97 Å². The van der Waals surface area contributed by atoms with Gasteiger partial charge in [-0.15, -0.1) is 11.3 Å². The fourth-order valence-electron chi connectivity index (χ4n) is 2.26. The molecule has 0 N–H and O–H groups in total. The normalized spacial score (nSPS) is 11.0. The van der Waals surface area contributed by atoms with Gasteiger partial charge in [-0.25, -0.2) is 9.97 Å². The van der Waals surface area contributed by atoms with Crippen molar-refractivity contribution in [3.05, 3.63) is 34.8 Å². The first-order valence-corrected chi connectivity index (χ1v) is 7.83. The van der Waals surface area contributed by atoms with Gasteiger partial charge in [0.15, 0.2) is 5.82 Å². The zero-order valence-electron chi connectivity index (χ0n) is 12.7. The fourth-order valence-corrected chi connectivity index (χ4v) is 3.29. The fraction of sp³-hybridized carbons (Fsp3) is 0.312. The monoisotopic (exact) mass is 298 g/mol. The van der Waals surface area contributed by atoms with Crippen LogP contribution in [-0.4, -0.2) is 28.5 Å². The van der Waals surface area contributed by atoms with E-state index < -0.39 is 0 Å². The highest BCUT2D eigenvalue weighted by molar-refractivity contribution is 7.18. The minimum atomic E-state index is 0.694. The largest absolute Gasteiger partial charge is 0.359 e. The summed E-state index contributed by atoms with van der Waals surface area (Å²) in [7, 11) is 2.07. The third-order valence-corrected chi connectivity index (χ3v) is 4.84. The van der Waals surface area contributed by atoms with Crippen molar-refractivity contribution in [3.63, 3.8) is 0 Å². The Morgan fingerprint density at radius 1 is 1.19 bits per heavy atom. The molecule has 0 aromatic carbocycles. The van der Waals surface area contributed by atoms with Crippen molar-refractivity contribution in [2.45, 2.75) is 20.8 Å². The Morgan fingerprint density at radius 3 is 2.67 bits per heavy atom. The van der Waals surface area contributed by atoms with Crippen LogP contribution in [0.15, 0.2) is 24.4 Å². The second kappa shape index (κ2) is 5.41. The molecule has 0 amide bonds. The summed E-state index contributed by atoms with van der Waals surface area (Å²) in [5.41, 5.74) is 2.09. The van der Waals surface area contributed by atoms with Gasteiger partial charge in [0.25, 0.3) is 0 Å². The molecule has 0 atom stereocenters. The van der Waals surface area contributed by atoms with Crippen molar-refractivity contribution < 1.29 is 0 Å². The van der Waals surface area contributed by atoms with Gasteiger partial charge in [0.1, 0.15) is 16.3 Å². The second-order valence-electron chi connectivity index (χ2n) is 5.06. The van der Waals surface area contributed by atoms with E-state index >= 15 is 0 Å². The average Bonchev–Trinajstić information content (AvgIpc) is 2.81. The number of hydrogen-bond donors (Lipinski definition) is 0. The van der Waals surface area contributed by atoms with Crippen LogP contribution in [0.1, 0.15) is 17.4 Å². The van der Waals surface area contributed by atoms with Crippen molar-refractivity contribution >= 4 is 27.4 Å². The molecule has 3 heterocycles. The van der Waals surface area contributed by atoms with E-state index in [1.165, 1.54) is 15.8 Å². The zero-order valence-corrected chi connectivity index (χ0v) is 13.5. The molecule has 0 fully saturated rings. The molecular weight excluding hydrogens is 280 g/mol. The summed E-state index contributed by atoms with van der Waals surface area (Å²) in [5, 5.41) is 1.17. The summed E-state index contributed by atoms with van der Waals surface area (Å²) in [5.74, 6) is 1.68. The van der Waals surface area contributed by atoms with Gasteiger partial charge < -0.3 is 4.90 Å². The van der Waals surface area contributed by atoms with E-state index in [1.807, 2.05) is 18.2 Å². The smallest absolute Gasteiger partial charge is 0.181 e. The number of aryl methyl sites for hydroxylation is 2. The minimum Gasteiger partial charge on any atom is -0.359 e. The van der Waals surface area contributed by atoms with E-state index in [9.17, 15) is 0 Å². The van der Waals surface area contributed by atoms with Crippen molar-refractivity contribution in [1.29, 1.82) is 0 Å². The first kappa shape index (κ1) is 13.9. The van der Waals surface area contributed by atoms with E-state index in [0.29, 0.717) is 5.82 Å². The highest BCUT2D eigenvalue weighted by atomic mass is 32.1. The molecule has 0 radical (unpaired) electrons. The molecule has 0 saturated carbocycles. The Labute approximate surface area is 128 Å². The maximum Gasteiger partial charge on any atom is 0.181 e. The van der Waals surface area contributed by atoms with Gasteiger partial charge in [0, 0.05) is 24.7 Å². The van der Waals surface area contributed by atoms with Crippen LogP contribution in [0.3, 0.4) is 0 Å². The first-order valence-electron chi connectivity index (χ1n) is 7.02. The first-order chi connectivity index (χ1) is 10.1. The molecule has 0 saturated heterocycles. The molecule has 0 aliphatic rings. The predicted molar refractivity (Wildman–Crippen MR) is 89.1 cm³/mol. The van der Waals surface area contributed by atoms with Gasteiger partial charge >= 0.3 is 0 Å². The second-order valence-corrected chi connectivity index (χ2v) is 6.27. The van der Waals surface area contributed by atoms with Crippen LogP contribution >= 0.6 is 11.3 Å². The van der Waals surface area contributed by atoms with E-state index in [-0.39, 0.29) is 0 Å². The predicted octanol–water partition coefficient (Wildman–Crippen LogP) is 3.83. The lowest BCUT2D eigenvalue weighted by atomic mass is 10.2. The van der Waals surface area contributed by atoms with E-state index in [0.717, 1.165) is 22.9 Å². The molecule has 3 aromatic heterocycles. The van der Waals surface area contributed by atoms with Crippen LogP contribution in [0, 0.1) is 13.8 Å². The summed E-state index contributed by atoms with van der Waals surface area (Å²) in [4.78, 5) is 18.4.